The minimum absolute atomic E-state index is 0.0136. The van der Waals surface area contributed by atoms with Gasteiger partial charge in [-0.2, -0.15) is 0 Å². The Kier molecular flexibility index (Phi) is 5.87. The van der Waals surface area contributed by atoms with Crippen LogP contribution in [0.3, 0.4) is 0 Å². The number of rotatable bonds is 5. The Balaban J connectivity index is 1.48. The van der Waals surface area contributed by atoms with Crippen LogP contribution in [0.5, 0.6) is 0 Å². The summed E-state index contributed by atoms with van der Waals surface area (Å²) in [6.07, 6.45) is 3.72. The molecule has 0 aromatic heterocycles. The van der Waals surface area contributed by atoms with Crippen LogP contribution in [0.4, 0.5) is 5.69 Å². The van der Waals surface area contributed by atoms with Crippen molar-refractivity contribution in [3.8, 4) is 0 Å². The van der Waals surface area contributed by atoms with Crippen molar-refractivity contribution in [3.63, 3.8) is 0 Å². The first kappa shape index (κ1) is 18.4. The minimum atomic E-state index is 0.0136. The normalized spacial score (nSPS) is 19.8. The molecule has 3 nitrogen and oxygen atoms in total. The molecule has 26 heavy (non-hydrogen) atoms. The number of aryl methyl sites for hydroxylation is 2. The first-order chi connectivity index (χ1) is 12.5. The average Bonchev–Trinajstić information content (AvgIpc) is 2.65. The molecule has 136 valence electrons. The van der Waals surface area contributed by atoms with E-state index in [1.165, 1.54) is 11.1 Å². The van der Waals surface area contributed by atoms with E-state index in [4.69, 9.17) is 0 Å². The number of carbonyl (C=O) groups excluding carboxylic acids is 2. The van der Waals surface area contributed by atoms with Gasteiger partial charge >= 0.3 is 0 Å². The number of hydrogen-bond donors (Lipinski definition) is 1. The van der Waals surface area contributed by atoms with Crippen LogP contribution >= 0.6 is 0 Å². The lowest BCUT2D eigenvalue weighted by atomic mass is 9.78. The third-order valence-corrected chi connectivity index (χ3v) is 5.37. The third kappa shape index (κ3) is 4.81. The van der Waals surface area contributed by atoms with Crippen LogP contribution in [0.2, 0.25) is 0 Å². The Labute approximate surface area is 155 Å². The van der Waals surface area contributed by atoms with Gasteiger partial charge < -0.3 is 5.32 Å². The highest BCUT2D eigenvalue weighted by Crippen LogP contribution is 2.31. The summed E-state index contributed by atoms with van der Waals surface area (Å²) in [6, 6.07) is 16.0. The molecule has 1 N–H and O–H groups in total. The Morgan fingerprint density at radius 3 is 1.88 bits per heavy atom. The van der Waals surface area contributed by atoms with Gasteiger partial charge in [-0.25, -0.2) is 0 Å². The molecule has 3 rings (SSSR count). The summed E-state index contributed by atoms with van der Waals surface area (Å²) in [5.41, 5.74) is 4.31. The van der Waals surface area contributed by atoms with Crippen LogP contribution in [0.25, 0.3) is 0 Å². The van der Waals surface area contributed by atoms with Gasteiger partial charge in [-0.3, -0.25) is 9.59 Å². The molecule has 1 saturated carbocycles. The van der Waals surface area contributed by atoms with Crippen LogP contribution in [0, 0.1) is 25.7 Å². The van der Waals surface area contributed by atoms with Gasteiger partial charge in [-0.05, 0) is 57.2 Å². The number of amides is 1. The zero-order chi connectivity index (χ0) is 18.5. The van der Waals surface area contributed by atoms with Crippen LogP contribution < -0.4 is 5.32 Å². The van der Waals surface area contributed by atoms with Gasteiger partial charge in [0.15, 0.2) is 0 Å². The van der Waals surface area contributed by atoms with E-state index in [1.807, 2.05) is 43.3 Å². The standard InChI is InChI=1S/C23H27NO2/c1-16-3-7-18(8-4-16)15-22(25)19-9-11-20(12-10-19)23(26)24-21-13-5-17(2)6-14-21/h3-8,13-14,19-20H,9-12,15H2,1-2H3,(H,24,26). The number of Topliss-reactive ketones (excluding diaryl/α,β-unsaturated/α-hetero) is 1. The predicted octanol–water partition coefficient (Wildman–Crippen LogP) is 4.86. The highest BCUT2D eigenvalue weighted by molar-refractivity contribution is 5.93. The van der Waals surface area contributed by atoms with Gasteiger partial charge in [-0.15, -0.1) is 0 Å². The van der Waals surface area contributed by atoms with Crippen molar-refractivity contribution in [3.05, 3.63) is 65.2 Å². The van der Waals surface area contributed by atoms with E-state index in [0.29, 0.717) is 12.2 Å². The number of hydrogen-bond acceptors (Lipinski definition) is 2. The van der Waals surface area contributed by atoms with E-state index in [2.05, 4.69) is 24.4 Å². The van der Waals surface area contributed by atoms with E-state index in [-0.39, 0.29) is 17.7 Å². The summed E-state index contributed by atoms with van der Waals surface area (Å²) in [6.45, 7) is 4.08. The minimum Gasteiger partial charge on any atom is -0.326 e. The van der Waals surface area contributed by atoms with Gasteiger partial charge in [0, 0.05) is 23.9 Å². The lowest BCUT2D eigenvalue weighted by Crippen LogP contribution is -2.30. The van der Waals surface area contributed by atoms with Crippen molar-refractivity contribution in [1.29, 1.82) is 0 Å². The molecule has 1 fully saturated rings. The first-order valence-electron chi connectivity index (χ1n) is 9.47. The quantitative estimate of drug-likeness (QED) is 0.838. The lowest BCUT2D eigenvalue weighted by molar-refractivity contribution is -0.126. The molecule has 0 atom stereocenters. The van der Waals surface area contributed by atoms with Crippen LogP contribution in [-0.4, -0.2) is 11.7 Å². The molecule has 0 aliphatic heterocycles. The summed E-state index contributed by atoms with van der Waals surface area (Å²) >= 11 is 0. The highest BCUT2D eigenvalue weighted by atomic mass is 16.2. The Hall–Kier alpha value is -2.42. The fourth-order valence-corrected chi connectivity index (χ4v) is 3.61. The lowest BCUT2D eigenvalue weighted by Gasteiger charge is -2.27. The van der Waals surface area contributed by atoms with Crippen molar-refractivity contribution in [2.45, 2.75) is 46.0 Å². The molecule has 0 saturated heterocycles. The van der Waals surface area contributed by atoms with Crippen molar-refractivity contribution in [2.75, 3.05) is 5.32 Å². The van der Waals surface area contributed by atoms with E-state index >= 15 is 0 Å². The number of benzene rings is 2. The van der Waals surface area contributed by atoms with Crippen LogP contribution in [0.15, 0.2) is 48.5 Å². The van der Waals surface area contributed by atoms with Crippen molar-refractivity contribution in [1.82, 2.24) is 0 Å². The Morgan fingerprint density at radius 2 is 1.31 bits per heavy atom. The van der Waals surface area contributed by atoms with Gasteiger partial charge in [0.25, 0.3) is 0 Å². The number of ketones is 1. The van der Waals surface area contributed by atoms with Crippen LogP contribution in [0.1, 0.15) is 42.4 Å². The molecular formula is C23H27NO2. The maximum atomic E-state index is 12.6. The molecule has 1 aliphatic carbocycles. The van der Waals surface area contributed by atoms with Crippen molar-refractivity contribution >= 4 is 17.4 Å². The summed E-state index contributed by atoms with van der Waals surface area (Å²) in [7, 11) is 0. The molecule has 0 radical (unpaired) electrons. The SMILES string of the molecule is Cc1ccc(CC(=O)C2CCC(C(=O)Nc3ccc(C)cc3)CC2)cc1. The molecule has 2 aromatic carbocycles. The maximum absolute atomic E-state index is 12.6. The summed E-state index contributed by atoms with van der Waals surface area (Å²) in [5, 5.41) is 3.00. The molecule has 2 aromatic rings. The Bertz CT molecular complexity index is 686. The van der Waals surface area contributed by atoms with Gasteiger partial charge in [0.05, 0.1) is 0 Å². The molecule has 0 heterocycles. The second-order valence-corrected chi connectivity index (χ2v) is 7.53. The highest BCUT2D eigenvalue weighted by Gasteiger charge is 2.29. The zero-order valence-electron chi connectivity index (χ0n) is 15.6. The number of carbonyl (C=O) groups is 2. The van der Waals surface area contributed by atoms with Crippen molar-refractivity contribution < 1.29 is 9.59 Å². The second kappa shape index (κ2) is 8.31. The van der Waals surface area contributed by atoms with Gasteiger partial charge in [0.1, 0.15) is 5.78 Å². The van der Waals surface area contributed by atoms with E-state index < -0.39 is 0 Å². The van der Waals surface area contributed by atoms with Crippen LogP contribution in [-0.2, 0) is 16.0 Å². The molecule has 0 unspecified atom stereocenters. The molecule has 3 heteroatoms. The molecular weight excluding hydrogens is 322 g/mol. The monoisotopic (exact) mass is 349 g/mol. The topological polar surface area (TPSA) is 46.2 Å². The zero-order valence-corrected chi connectivity index (χ0v) is 15.6. The average molecular weight is 349 g/mol. The molecule has 1 amide bonds. The largest absolute Gasteiger partial charge is 0.326 e. The van der Waals surface area contributed by atoms with Gasteiger partial charge in [-0.1, -0.05) is 47.5 Å². The van der Waals surface area contributed by atoms with E-state index in [1.54, 1.807) is 0 Å². The smallest absolute Gasteiger partial charge is 0.227 e. The maximum Gasteiger partial charge on any atom is 0.227 e. The molecule has 0 spiro atoms. The van der Waals surface area contributed by atoms with Gasteiger partial charge in [0.2, 0.25) is 5.91 Å². The first-order valence-corrected chi connectivity index (χ1v) is 9.47. The molecule has 1 aliphatic rings. The van der Waals surface area contributed by atoms with E-state index in [9.17, 15) is 9.59 Å². The predicted molar refractivity (Wildman–Crippen MR) is 105 cm³/mol. The number of anilines is 1. The molecule has 0 bridgehead atoms. The Morgan fingerprint density at radius 1 is 0.808 bits per heavy atom. The third-order valence-electron chi connectivity index (χ3n) is 5.37. The fraction of sp³-hybridized carbons (Fsp3) is 0.391. The summed E-state index contributed by atoms with van der Waals surface area (Å²) in [4.78, 5) is 25.0. The second-order valence-electron chi connectivity index (χ2n) is 7.53. The number of nitrogens with one attached hydrogen (secondary N) is 1. The summed E-state index contributed by atoms with van der Waals surface area (Å²) < 4.78 is 0. The summed E-state index contributed by atoms with van der Waals surface area (Å²) in [5.74, 6) is 0.504. The van der Waals surface area contributed by atoms with E-state index in [0.717, 1.165) is 36.9 Å². The fourth-order valence-electron chi connectivity index (χ4n) is 3.61. The van der Waals surface area contributed by atoms with Crippen molar-refractivity contribution in [2.24, 2.45) is 11.8 Å².